The van der Waals surface area contributed by atoms with E-state index < -0.39 is 0 Å². The molecule has 0 aromatic carbocycles. The average Bonchev–Trinajstić information content (AvgIpc) is 2.20. The van der Waals surface area contributed by atoms with Crippen molar-refractivity contribution in [1.29, 1.82) is 0 Å². The molecular weight excluding hydrogens is 180 g/mol. The molecule has 0 bridgehead atoms. The van der Waals surface area contributed by atoms with Crippen molar-refractivity contribution in [3.8, 4) is 0 Å². The lowest BCUT2D eigenvalue weighted by Gasteiger charge is -1.95. The highest BCUT2D eigenvalue weighted by Crippen LogP contribution is 2.05. The second kappa shape index (κ2) is 11.6. The van der Waals surface area contributed by atoms with E-state index in [2.05, 4.69) is 45.1 Å². The van der Waals surface area contributed by atoms with E-state index in [1.165, 1.54) is 38.5 Å². The van der Waals surface area contributed by atoms with Gasteiger partial charge in [0.1, 0.15) is 0 Å². The molecule has 0 N–H and O–H groups in total. The molecular formula is C15H28. The predicted octanol–water partition coefficient (Wildman–Crippen LogP) is 5.51. The third-order valence-electron chi connectivity index (χ3n) is 2.43. The zero-order chi connectivity index (χ0) is 11.4. The third kappa shape index (κ3) is 13.5. The van der Waals surface area contributed by atoms with E-state index in [9.17, 15) is 0 Å². The topological polar surface area (TPSA) is 0 Å². The van der Waals surface area contributed by atoms with Gasteiger partial charge in [-0.15, -0.1) is 0 Å². The summed E-state index contributed by atoms with van der Waals surface area (Å²) in [5.41, 5.74) is 0. The minimum absolute atomic E-state index is 0.687. The fraction of sp³-hybridized carbons (Fsp3) is 0.733. The monoisotopic (exact) mass is 208 g/mol. The number of rotatable bonds is 9. The van der Waals surface area contributed by atoms with Gasteiger partial charge in [0, 0.05) is 0 Å². The summed E-state index contributed by atoms with van der Waals surface area (Å²) in [5.74, 6) is 0.687. The molecule has 0 saturated heterocycles. The second-order valence-electron chi connectivity index (χ2n) is 4.58. The normalized spacial score (nSPS) is 12.3. The van der Waals surface area contributed by atoms with Crippen LogP contribution in [0.2, 0.25) is 0 Å². The van der Waals surface area contributed by atoms with E-state index in [0.29, 0.717) is 5.92 Å². The fourth-order valence-corrected chi connectivity index (χ4v) is 1.51. The van der Waals surface area contributed by atoms with Crippen LogP contribution in [0.4, 0.5) is 0 Å². The van der Waals surface area contributed by atoms with Crippen molar-refractivity contribution >= 4 is 0 Å². The third-order valence-corrected chi connectivity index (χ3v) is 2.43. The molecule has 0 heterocycles. The van der Waals surface area contributed by atoms with Gasteiger partial charge in [-0.3, -0.25) is 0 Å². The van der Waals surface area contributed by atoms with Gasteiger partial charge in [-0.1, -0.05) is 70.8 Å². The van der Waals surface area contributed by atoms with E-state index in [-0.39, 0.29) is 0 Å². The fourth-order valence-electron chi connectivity index (χ4n) is 1.51. The molecule has 0 aliphatic carbocycles. The van der Waals surface area contributed by atoms with E-state index in [1.807, 2.05) is 0 Å². The average molecular weight is 208 g/mol. The highest BCUT2D eigenvalue weighted by molar-refractivity contribution is 4.93. The second-order valence-corrected chi connectivity index (χ2v) is 4.58. The summed E-state index contributed by atoms with van der Waals surface area (Å²) >= 11 is 0. The Kier molecular flexibility index (Phi) is 11.2. The van der Waals surface area contributed by atoms with Crippen molar-refractivity contribution in [2.75, 3.05) is 0 Å². The minimum atomic E-state index is 0.687. The maximum absolute atomic E-state index is 2.33. The standard InChI is InChI=1S/C15H28/c1-4-5-6-7-8-9-10-11-12-13-14-15(2)3/h10-11,13-15H,4-9,12H2,1-3H3. The first kappa shape index (κ1) is 14.5. The first-order chi connectivity index (χ1) is 7.27. The molecule has 0 aliphatic heterocycles. The quantitative estimate of drug-likeness (QED) is 0.346. The van der Waals surface area contributed by atoms with Crippen LogP contribution in [0.15, 0.2) is 24.3 Å². The Morgan fingerprint density at radius 3 is 2.27 bits per heavy atom. The number of hydrogen-bond donors (Lipinski definition) is 0. The van der Waals surface area contributed by atoms with Crippen LogP contribution in [-0.2, 0) is 0 Å². The van der Waals surface area contributed by atoms with Crippen molar-refractivity contribution in [1.82, 2.24) is 0 Å². The van der Waals surface area contributed by atoms with Crippen LogP contribution in [0.3, 0.4) is 0 Å². The van der Waals surface area contributed by atoms with Gasteiger partial charge in [0.15, 0.2) is 0 Å². The summed E-state index contributed by atoms with van der Waals surface area (Å²) < 4.78 is 0. The van der Waals surface area contributed by atoms with Gasteiger partial charge >= 0.3 is 0 Å². The van der Waals surface area contributed by atoms with Gasteiger partial charge in [-0.05, 0) is 25.2 Å². The summed E-state index contributed by atoms with van der Waals surface area (Å²) in [7, 11) is 0. The summed E-state index contributed by atoms with van der Waals surface area (Å²) in [6.07, 6.45) is 18.4. The summed E-state index contributed by atoms with van der Waals surface area (Å²) in [6, 6.07) is 0. The summed E-state index contributed by atoms with van der Waals surface area (Å²) in [5, 5.41) is 0. The van der Waals surface area contributed by atoms with Crippen molar-refractivity contribution in [3.05, 3.63) is 24.3 Å². The molecule has 0 fully saturated rings. The highest BCUT2D eigenvalue weighted by atomic mass is 13.9. The molecule has 0 atom stereocenters. The Morgan fingerprint density at radius 1 is 0.867 bits per heavy atom. The predicted molar refractivity (Wildman–Crippen MR) is 71.1 cm³/mol. The smallest absolute Gasteiger partial charge is 0.0169 e. The molecule has 0 aliphatic rings. The van der Waals surface area contributed by atoms with Gasteiger partial charge in [-0.25, -0.2) is 0 Å². The van der Waals surface area contributed by atoms with Crippen LogP contribution >= 0.6 is 0 Å². The lowest BCUT2D eigenvalue weighted by molar-refractivity contribution is 0.637. The molecule has 0 rings (SSSR count). The molecule has 15 heavy (non-hydrogen) atoms. The van der Waals surface area contributed by atoms with Gasteiger partial charge in [-0.2, -0.15) is 0 Å². The lowest BCUT2D eigenvalue weighted by atomic mass is 10.1. The van der Waals surface area contributed by atoms with Gasteiger partial charge in [0.05, 0.1) is 0 Å². The van der Waals surface area contributed by atoms with Crippen molar-refractivity contribution < 1.29 is 0 Å². The van der Waals surface area contributed by atoms with Crippen LogP contribution in [0, 0.1) is 5.92 Å². The Balaban J connectivity index is 3.17. The van der Waals surface area contributed by atoms with Gasteiger partial charge in [0.2, 0.25) is 0 Å². The Labute approximate surface area is 96.5 Å². The summed E-state index contributed by atoms with van der Waals surface area (Å²) in [6.45, 7) is 6.70. The molecule has 88 valence electrons. The van der Waals surface area contributed by atoms with E-state index >= 15 is 0 Å². The molecule has 0 heteroatoms. The van der Waals surface area contributed by atoms with Crippen LogP contribution in [0.1, 0.15) is 65.7 Å². The maximum Gasteiger partial charge on any atom is -0.0169 e. The molecule has 0 spiro atoms. The van der Waals surface area contributed by atoms with Gasteiger partial charge < -0.3 is 0 Å². The molecule has 0 aromatic heterocycles. The highest BCUT2D eigenvalue weighted by Gasteiger charge is 1.86. The van der Waals surface area contributed by atoms with Crippen LogP contribution in [0.5, 0.6) is 0 Å². The first-order valence-corrected chi connectivity index (χ1v) is 6.59. The SMILES string of the molecule is CCCCCCCC=CCC=CC(C)C. The van der Waals surface area contributed by atoms with Gasteiger partial charge in [0.25, 0.3) is 0 Å². The van der Waals surface area contributed by atoms with Crippen molar-refractivity contribution in [2.24, 2.45) is 5.92 Å². The molecule has 0 amide bonds. The molecule has 0 saturated carbocycles. The molecule has 0 unspecified atom stereocenters. The van der Waals surface area contributed by atoms with Crippen LogP contribution in [0.25, 0.3) is 0 Å². The number of allylic oxidation sites excluding steroid dienone is 4. The molecule has 0 aromatic rings. The Hall–Kier alpha value is -0.520. The maximum atomic E-state index is 2.33. The Bertz CT molecular complexity index is 163. The van der Waals surface area contributed by atoms with Crippen molar-refractivity contribution in [3.63, 3.8) is 0 Å². The first-order valence-electron chi connectivity index (χ1n) is 6.59. The Morgan fingerprint density at radius 2 is 1.60 bits per heavy atom. The molecule has 0 radical (unpaired) electrons. The summed E-state index contributed by atoms with van der Waals surface area (Å²) in [4.78, 5) is 0. The van der Waals surface area contributed by atoms with E-state index in [1.54, 1.807) is 0 Å². The van der Waals surface area contributed by atoms with Crippen LogP contribution in [-0.4, -0.2) is 0 Å². The largest absolute Gasteiger partial charge is 0.0882 e. The minimum Gasteiger partial charge on any atom is -0.0882 e. The van der Waals surface area contributed by atoms with E-state index in [0.717, 1.165) is 6.42 Å². The van der Waals surface area contributed by atoms with Crippen LogP contribution < -0.4 is 0 Å². The lowest BCUT2D eigenvalue weighted by Crippen LogP contribution is -1.76. The zero-order valence-electron chi connectivity index (χ0n) is 10.8. The van der Waals surface area contributed by atoms with Crippen molar-refractivity contribution in [2.45, 2.75) is 65.7 Å². The number of hydrogen-bond acceptors (Lipinski definition) is 0. The molecule has 0 nitrogen and oxygen atoms in total. The zero-order valence-corrected chi connectivity index (χ0v) is 10.8. The van der Waals surface area contributed by atoms with E-state index in [4.69, 9.17) is 0 Å². The number of unbranched alkanes of at least 4 members (excludes halogenated alkanes) is 5.